The van der Waals surface area contributed by atoms with Gasteiger partial charge in [0.25, 0.3) is 5.91 Å². The van der Waals surface area contributed by atoms with Crippen LogP contribution in [0.15, 0.2) is 64.9 Å². The van der Waals surface area contributed by atoms with Crippen molar-refractivity contribution in [1.82, 2.24) is 4.31 Å². The van der Waals surface area contributed by atoms with Crippen molar-refractivity contribution in [2.45, 2.75) is 23.6 Å². The zero-order valence-electron chi connectivity index (χ0n) is 16.8. The maximum absolute atomic E-state index is 13.0. The van der Waals surface area contributed by atoms with Crippen LogP contribution in [0, 0.1) is 0 Å². The summed E-state index contributed by atoms with van der Waals surface area (Å²) in [5.74, 6) is 0.521. The molecular formula is C21H26N2O4S2. The van der Waals surface area contributed by atoms with Gasteiger partial charge in [0, 0.05) is 29.3 Å². The lowest BCUT2D eigenvalue weighted by atomic mass is 10.2. The van der Waals surface area contributed by atoms with Crippen LogP contribution in [0.25, 0.3) is 0 Å². The van der Waals surface area contributed by atoms with E-state index < -0.39 is 15.9 Å². The number of thioether (sulfide) groups is 1. The van der Waals surface area contributed by atoms with Crippen LogP contribution in [0.4, 0.5) is 5.69 Å². The van der Waals surface area contributed by atoms with Crippen molar-refractivity contribution in [3.63, 3.8) is 0 Å². The first-order valence-corrected chi connectivity index (χ1v) is 11.6. The van der Waals surface area contributed by atoms with Gasteiger partial charge in [-0.2, -0.15) is 4.31 Å². The molecule has 1 N–H and O–H groups in total. The van der Waals surface area contributed by atoms with Crippen molar-refractivity contribution < 1.29 is 17.9 Å². The number of carbonyl (C=O) groups excluding carboxylic acids is 1. The van der Waals surface area contributed by atoms with Crippen molar-refractivity contribution in [3.8, 4) is 5.75 Å². The van der Waals surface area contributed by atoms with E-state index in [1.807, 2.05) is 18.2 Å². The third kappa shape index (κ3) is 5.41. The lowest BCUT2D eigenvalue weighted by Gasteiger charge is -2.20. The Kier molecular flexibility index (Phi) is 8.31. The van der Waals surface area contributed by atoms with E-state index in [0.29, 0.717) is 24.5 Å². The van der Waals surface area contributed by atoms with Gasteiger partial charge in [-0.15, -0.1) is 18.3 Å². The molecule has 0 atom stereocenters. The molecule has 0 aliphatic carbocycles. The Balaban J connectivity index is 2.39. The van der Waals surface area contributed by atoms with Gasteiger partial charge < -0.3 is 10.1 Å². The van der Waals surface area contributed by atoms with Crippen LogP contribution in [-0.4, -0.2) is 44.6 Å². The minimum atomic E-state index is -3.78. The zero-order valence-corrected chi connectivity index (χ0v) is 18.5. The number of amides is 1. The highest BCUT2D eigenvalue weighted by molar-refractivity contribution is 7.99. The number of carbonyl (C=O) groups is 1. The molecule has 0 aliphatic rings. The van der Waals surface area contributed by atoms with E-state index >= 15 is 0 Å². The number of hydrogen-bond acceptors (Lipinski definition) is 5. The fraction of sp³-hybridized carbons (Fsp3) is 0.286. The Morgan fingerprint density at radius 3 is 2.52 bits per heavy atom. The first-order valence-electron chi connectivity index (χ1n) is 9.21. The molecule has 8 heteroatoms. The lowest BCUT2D eigenvalue weighted by Crippen LogP contribution is -2.31. The van der Waals surface area contributed by atoms with Crippen molar-refractivity contribution in [1.29, 1.82) is 0 Å². The van der Waals surface area contributed by atoms with Gasteiger partial charge in [0.2, 0.25) is 10.0 Å². The van der Waals surface area contributed by atoms with Crippen molar-refractivity contribution in [2.24, 2.45) is 0 Å². The average molecular weight is 435 g/mol. The Bertz CT molecular complexity index is 970. The molecule has 0 unspecified atom stereocenters. The minimum Gasteiger partial charge on any atom is -0.495 e. The average Bonchev–Trinajstić information content (AvgIpc) is 2.73. The Morgan fingerprint density at radius 2 is 1.90 bits per heavy atom. The summed E-state index contributed by atoms with van der Waals surface area (Å²) in [6.07, 6.45) is 1.79. The molecule has 0 heterocycles. The molecule has 0 saturated heterocycles. The smallest absolute Gasteiger partial charge is 0.255 e. The molecule has 0 radical (unpaired) electrons. The van der Waals surface area contributed by atoms with Gasteiger partial charge in [-0.25, -0.2) is 8.42 Å². The molecule has 0 bridgehead atoms. The van der Waals surface area contributed by atoms with Crippen LogP contribution < -0.4 is 10.1 Å². The summed E-state index contributed by atoms with van der Waals surface area (Å²) < 4.78 is 32.5. The van der Waals surface area contributed by atoms with Crippen LogP contribution in [0.2, 0.25) is 0 Å². The van der Waals surface area contributed by atoms with Gasteiger partial charge in [-0.1, -0.05) is 32.1 Å². The number of sulfonamides is 1. The van der Waals surface area contributed by atoms with E-state index in [2.05, 4.69) is 11.9 Å². The van der Waals surface area contributed by atoms with Gasteiger partial charge in [0.1, 0.15) is 10.6 Å². The van der Waals surface area contributed by atoms with Gasteiger partial charge in [0.05, 0.1) is 12.8 Å². The molecule has 0 spiro atoms. The van der Waals surface area contributed by atoms with Crippen LogP contribution in [0.1, 0.15) is 24.2 Å². The quantitative estimate of drug-likeness (QED) is 0.447. The SMILES string of the molecule is C=CCSc1ccccc1NC(=O)c1ccc(OC)c(S(=O)(=O)N(CC)CC)c1. The Morgan fingerprint density at radius 1 is 1.21 bits per heavy atom. The third-order valence-corrected chi connectivity index (χ3v) is 7.38. The maximum Gasteiger partial charge on any atom is 0.255 e. The second-order valence-electron chi connectivity index (χ2n) is 6.00. The standard InChI is InChI=1S/C21H26N2O4S2/c1-5-14-28-19-11-9-8-10-17(19)22-21(24)16-12-13-18(27-4)20(15-16)29(25,26)23(6-2)7-3/h5,8-13,15H,1,6-7,14H2,2-4H3,(H,22,24). The summed E-state index contributed by atoms with van der Waals surface area (Å²) in [4.78, 5) is 13.7. The molecule has 0 fully saturated rings. The maximum atomic E-state index is 13.0. The number of benzene rings is 2. The molecule has 0 aliphatic heterocycles. The highest BCUT2D eigenvalue weighted by Gasteiger charge is 2.27. The molecular weight excluding hydrogens is 408 g/mol. The lowest BCUT2D eigenvalue weighted by molar-refractivity contribution is 0.102. The summed E-state index contributed by atoms with van der Waals surface area (Å²) in [7, 11) is -2.37. The first-order chi connectivity index (χ1) is 13.9. The van der Waals surface area contributed by atoms with Gasteiger partial charge in [0.15, 0.2) is 0 Å². The number of methoxy groups -OCH3 is 1. The van der Waals surface area contributed by atoms with Crippen molar-refractivity contribution in [3.05, 3.63) is 60.7 Å². The topological polar surface area (TPSA) is 75.7 Å². The Hall–Kier alpha value is -2.29. The molecule has 29 heavy (non-hydrogen) atoms. The monoisotopic (exact) mass is 434 g/mol. The Labute approximate surface area is 177 Å². The minimum absolute atomic E-state index is 0.0225. The van der Waals surface area contributed by atoms with Crippen LogP contribution in [-0.2, 0) is 10.0 Å². The summed E-state index contributed by atoms with van der Waals surface area (Å²) >= 11 is 1.55. The third-order valence-electron chi connectivity index (χ3n) is 4.24. The fourth-order valence-corrected chi connectivity index (χ4v) is 5.15. The van der Waals surface area contributed by atoms with Gasteiger partial charge in [-0.05, 0) is 30.3 Å². The molecule has 2 rings (SSSR count). The number of anilines is 1. The molecule has 6 nitrogen and oxygen atoms in total. The number of para-hydroxylation sites is 1. The summed E-state index contributed by atoms with van der Waals surface area (Å²) in [5.41, 5.74) is 0.897. The van der Waals surface area contributed by atoms with Crippen LogP contribution in [0.5, 0.6) is 5.75 Å². The fourth-order valence-electron chi connectivity index (χ4n) is 2.76. The van der Waals surface area contributed by atoms with Crippen LogP contribution in [0.3, 0.4) is 0 Å². The first kappa shape index (κ1) is 23.0. The van der Waals surface area contributed by atoms with Crippen molar-refractivity contribution >= 4 is 33.4 Å². The number of ether oxygens (including phenoxy) is 1. The molecule has 0 aromatic heterocycles. The van der Waals surface area contributed by atoms with E-state index in [-0.39, 0.29) is 16.2 Å². The zero-order chi connectivity index (χ0) is 21.4. The summed E-state index contributed by atoms with van der Waals surface area (Å²) in [6, 6.07) is 11.9. The molecule has 156 valence electrons. The number of nitrogens with zero attached hydrogens (tertiary/aromatic N) is 1. The van der Waals surface area contributed by atoms with E-state index in [0.717, 1.165) is 4.90 Å². The summed E-state index contributed by atoms with van der Waals surface area (Å²) in [5, 5.41) is 2.87. The molecule has 0 saturated carbocycles. The van der Waals surface area contributed by atoms with Crippen LogP contribution >= 0.6 is 11.8 Å². The highest BCUT2D eigenvalue weighted by atomic mass is 32.2. The number of hydrogen-bond donors (Lipinski definition) is 1. The normalized spacial score (nSPS) is 11.3. The molecule has 2 aromatic rings. The number of rotatable bonds is 10. The second kappa shape index (κ2) is 10.5. The highest BCUT2D eigenvalue weighted by Crippen LogP contribution is 2.30. The van der Waals surface area contributed by atoms with E-state index in [9.17, 15) is 13.2 Å². The second-order valence-corrected chi connectivity index (χ2v) is 8.97. The van der Waals surface area contributed by atoms with Gasteiger partial charge >= 0.3 is 0 Å². The van der Waals surface area contributed by atoms with E-state index in [1.54, 1.807) is 43.8 Å². The number of nitrogens with one attached hydrogen (secondary N) is 1. The van der Waals surface area contributed by atoms with E-state index in [4.69, 9.17) is 4.74 Å². The molecule has 1 amide bonds. The van der Waals surface area contributed by atoms with Gasteiger partial charge in [-0.3, -0.25) is 4.79 Å². The predicted molar refractivity (Wildman–Crippen MR) is 118 cm³/mol. The van der Waals surface area contributed by atoms with Crippen molar-refractivity contribution in [2.75, 3.05) is 31.3 Å². The molecule has 2 aromatic carbocycles. The summed E-state index contributed by atoms with van der Waals surface area (Å²) in [6.45, 7) is 7.89. The predicted octanol–water partition coefficient (Wildman–Crippen LogP) is 4.26. The van der Waals surface area contributed by atoms with E-state index in [1.165, 1.54) is 23.5 Å². The largest absolute Gasteiger partial charge is 0.495 e.